The van der Waals surface area contributed by atoms with Gasteiger partial charge in [-0.3, -0.25) is 0 Å². The molecular weight excluding hydrogens is 498 g/mol. The van der Waals surface area contributed by atoms with Gasteiger partial charge in [0.15, 0.2) is 5.65 Å². The van der Waals surface area contributed by atoms with Gasteiger partial charge >= 0.3 is 0 Å². The van der Waals surface area contributed by atoms with Crippen molar-refractivity contribution in [3.63, 3.8) is 0 Å². The predicted octanol–water partition coefficient (Wildman–Crippen LogP) is 6.18. The van der Waals surface area contributed by atoms with Gasteiger partial charge in [-0.25, -0.2) is 4.98 Å². The summed E-state index contributed by atoms with van der Waals surface area (Å²) < 4.78 is 2.73. The van der Waals surface area contributed by atoms with Crippen LogP contribution >= 0.6 is 27.5 Å². The quantitative estimate of drug-likeness (QED) is 0.314. The first-order chi connectivity index (χ1) is 16.2. The molecule has 170 valence electrons. The van der Waals surface area contributed by atoms with Crippen LogP contribution in [0.5, 0.6) is 0 Å². The van der Waals surface area contributed by atoms with E-state index in [1.807, 2.05) is 34.8 Å². The molecule has 5 rings (SSSR count). The van der Waals surface area contributed by atoms with Gasteiger partial charge in [0, 0.05) is 29.7 Å². The number of fused-ring (bicyclic) bond motifs is 1. The number of hydrogen-bond acceptors (Lipinski definition) is 4. The average molecular weight is 525 g/mol. The summed E-state index contributed by atoms with van der Waals surface area (Å²) in [6.07, 6.45) is 5.32. The third kappa shape index (κ3) is 5.24. The molecule has 0 unspecified atom stereocenters. The maximum atomic E-state index is 6.45. The van der Waals surface area contributed by atoms with Crippen LogP contribution in [0.15, 0.2) is 71.3 Å². The lowest BCUT2D eigenvalue weighted by Crippen LogP contribution is -2.37. The molecule has 7 heteroatoms. The largest absolute Gasteiger partial charge is 0.370 e. The Hall–Kier alpha value is -2.41. The van der Waals surface area contributed by atoms with Crippen LogP contribution in [0.3, 0.4) is 0 Å². The SMILES string of the molecule is Clc1ccccc1-c1cc(NCC2CCN(CCc3ccccc3)CC2)n2ncc(Br)c2n1. The van der Waals surface area contributed by atoms with E-state index >= 15 is 0 Å². The number of aromatic nitrogens is 3. The molecule has 5 nitrogen and oxygen atoms in total. The zero-order valence-electron chi connectivity index (χ0n) is 18.4. The lowest BCUT2D eigenvalue weighted by Gasteiger charge is -2.32. The Bertz CT molecular complexity index is 1220. The highest BCUT2D eigenvalue weighted by Gasteiger charge is 2.20. The second-order valence-electron chi connectivity index (χ2n) is 8.64. The van der Waals surface area contributed by atoms with Crippen molar-refractivity contribution in [3.05, 3.63) is 81.9 Å². The zero-order valence-corrected chi connectivity index (χ0v) is 20.8. The first-order valence-corrected chi connectivity index (χ1v) is 12.6. The Labute approximate surface area is 207 Å². The highest BCUT2D eigenvalue weighted by atomic mass is 79.9. The molecule has 2 aromatic carbocycles. The summed E-state index contributed by atoms with van der Waals surface area (Å²) in [5.41, 5.74) is 3.96. The molecule has 0 saturated carbocycles. The fourth-order valence-electron chi connectivity index (χ4n) is 4.46. The number of piperidine rings is 1. The van der Waals surface area contributed by atoms with E-state index in [4.69, 9.17) is 16.6 Å². The van der Waals surface area contributed by atoms with Gasteiger partial charge in [0.25, 0.3) is 0 Å². The van der Waals surface area contributed by atoms with Crippen molar-refractivity contribution in [1.82, 2.24) is 19.5 Å². The van der Waals surface area contributed by atoms with Crippen LogP contribution in [0.25, 0.3) is 16.9 Å². The van der Waals surface area contributed by atoms with Crippen LogP contribution in [0.4, 0.5) is 5.82 Å². The number of nitrogens with zero attached hydrogens (tertiary/aromatic N) is 4. The van der Waals surface area contributed by atoms with Gasteiger partial charge in [0.2, 0.25) is 0 Å². The Morgan fingerprint density at radius 1 is 1.03 bits per heavy atom. The van der Waals surface area contributed by atoms with Gasteiger partial charge in [-0.05, 0) is 65.8 Å². The highest BCUT2D eigenvalue weighted by Crippen LogP contribution is 2.30. The van der Waals surface area contributed by atoms with Gasteiger partial charge in [-0.15, -0.1) is 0 Å². The minimum atomic E-state index is 0.643. The Morgan fingerprint density at radius 3 is 2.58 bits per heavy atom. The molecule has 0 spiro atoms. The lowest BCUT2D eigenvalue weighted by molar-refractivity contribution is 0.191. The van der Waals surface area contributed by atoms with Crippen LogP contribution in [0, 0.1) is 5.92 Å². The molecule has 4 aromatic rings. The van der Waals surface area contributed by atoms with E-state index < -0.39 is 0 Å². The summed E-state index contributed by atoms with van der Waals surface area (Å²) in [4.78, 5) is 7.39. The minimum Gasteiger partial charge on any atom is -0.370 e. The van der Waals surface area contributed by atoms with Gasteiger partial charge in [0.1, 0.15) is 5.82 Å². The van der Waals surface area contributed by atoms with Gasteiger partial charge in [-0.1, -0.05) is 60.1 Å². The third-order valence-electron chi connectivity index (χ3n) is 6.42. The smallest absolute Gasteiger partial charge is 0.172 e. The second kappa shape index (κ2) is 10.2. The van der Waals surface area contributed by atoms with Crippen LogP contribution in [-0.2, 0) is 6.42 Å². The monoisotopic (exact) mass is 523 g/mol. The van der Waals surface area contributed by atoms with E-state index in [1.165, 1.54) is 18.4 Å². The fourth-order valence-corrected chi connectivity index (χ4v) is 5.04. The third-order valence-corrected chi connectivity index (χ3v) is 7.31. The fraction of sp³-hybridized carbons (Fsp3) is 0.308. The summed E-state index contributed by atoms with van der Waals surface area (Å²) in [6, 6.07) is 20.6. The van der Waals surface area contributed by atoms with Crippen molar-refractivity contribution in [1.29, 1.82) is 0 Å². The van der Waals surface area contributed by atoms with E-state index in [0.717, 1.165) is 59.8 Å². The predicted molar refractivity (Wildman–Crippen MR) is 139 cm³/mol. The van der Waals surface area contributed by atoms with E-state index in [-0.39, 0.29) is 0 Å². The number of hydrogen-bond donors (Lipinski definition) is 1. The number of benzene rings is 2. The molecule has 0 amide bonds. The summed E-state index contributed by atoms with van der Waals surface area (Å²) >= 11 is 10.0. The van der Waals surface area contributed by atoms with Crippen molar-refractivity contribution in [2.45, 2.75) is 19.3 Å². The Kier molecular flexibility index (Phi) is 6.95. The van der Waals surface area contributed by atoms with E-state index in [2.05, 4.69) is 61.6 Å². The Balaban J connectivity index is 1.23. The van der Waals surface area contributed by atoms with E-state index in [0.29, 0.717) is 10.9 Å². The van der Waals surface area contributed by atoms with Crippen molar-refractivity contribution >= 4 is 39.0 Å². The first kappa shape index (κ1) is 22.4. The molecule has 3 heterocycles. The molecule has 1 aliphatic heterocycles. The van der Waals surface area contributed by atoms with Crippen LogP contribution in [0.1, 0.15) is 18.4 Å². The topological polar surface area (TPSA) is 45.5 Å². The maximum absolute atomic E-state index is 6.45. The molecule has 1 N–H and O–H groups in total. The molecule has 1 fully saturated rings. The summed E-state index contributed by atoms with van der Waals surface area (Å²) in [6.45, 7) is 4.37. The van der Waals surface area contributed by atoms with Gasteiger partial charge in [-0.2, -0.15) is 9.61 Å². The highest BCUT2D eigenvalue weighted by molar-refractivity contribution is 9.10. The van der Waals surface area contributed by atoms with E-state index in [1.54, 1.807) is 6.20 Å². The van der Waals surface area contributed by atoms with Crippen molar-refractivity contribution in [2.75, 3.05) is 31.5 Å². The van der Waals surface area contributed by atoms with Crippen molar-refractivity contribution < 1.29 is 0 Å². The standard InChI is InChI=1S/C26H27BrClN5/c27-22-18-30-33-25(16-24(31-26(22)33)21-8-4-5-9-23(21)28)29-17-20-11-14-32(15-12-20)13-10-19-6-2-1-3-7-19/h1-9,16,18,20,29H,10-15,17H2. The second-order valence-corrected chi connectivity index (χ2v) is 9.90. The molecule has 2 aromatic heterocycles. The molecule has 1 aliphatic rings. The lowest BCUT2D eigenvalue weighted by atomic mass is 9.96. The number of nitrogens with one attached hydrogen (secondary N) is 1. The van der Waals surface area contributed by atoms with E-state index in [9.17, 15) is 0 Å². The minimum absolute atomic E-state index is 0.643. The summed E-state index contributed by atoms with van der Waals surface area (Å²) in [5.74, 6) is 1.58. The maximum Gasteiger partial charge on any atom is 0.172 e. The number of anilines is 1. The average Bonchev–Trinajstić information content (AvgIpc) is 3.23. The molecule has 33 heavy (non-hydrogen) atoms. The van der Waals surface area contributed by atoms with Crippen LogP contribution < -0.4 is 5.32 Å². The normalized spacial score (nSPS) is 15.2. The number of rotatable bonds is 7. The van der Waals surface area contributed by atoms with Gasteiger partial charge < -0.3 is 10.2 Å². The Morgan fingerprint density at radius 2 is 1.79 bits per heavy atom. The number of likely N-dealkylation sites (tertiary alicyclic amines) is 1. The number of halogens is 2. The summed E-state index contributed by atoms with van der Waals surface area (Å²) in [5, 5.41) is 8.85. The molecule has 0 atom stereocenters. The summed E-state index contributed by atoms with van der Waals surface area (Å²) in [7, 11) is 0. The van der Waals surface area contributed by atoms with Crippen LogP contribution in [0.2, 0.25) is 5.02 Å². The zero-order chi connectivity index (χ0) is 22.6. The van der Waals surface area contributed by atoms with Crippen LogP contribution in [-0.4, -0.2) is 45.7 Å². The van der Waals surface area contributed by atoms with Gasteiger partial charge in [0.05, 0.1) is 16.4 Å². The van der Waals surface area contributed by atoms with Crippen molar-refractivity contribution in [2.24, 2.45) is 5.92 Å². The van der Waals surface area contributed by atoms with Crippen molar-refractivity contribution in [3.8, 4) is 11.3 Å². The first-order valence-electron chi connectivity index (χ1n) is 11.5. The molecule has 0 radical (unpaired) electrons. The molecule has 0 bridgehead atoms. The molecule has 0 aliphatic carbocycles. The molecule has 1 saturated heterocycles. The molecular formula is C26H27BrClN5.